The minimum atomic E-state index is -0.223. The highest BCUT2D eigenvalue weighted by atomic mass is 16.2. The zero-order valence-electron chi connectivity index (χ0n) is 11.6. The van der Waals surface area contributed by atoms with Gasteiger partial charge in [0.05, 0.1) is 0 Å². The fraction of sp³-hybridized carbons (Fsp3) is 0.250. The van der Waals surface area contributed by atoms with Crippen LogP contribution in [0.15, 0.2) is 36.4 Å². The maximum absolute atomic E-state index is 12.5. The van der Waals surface area contributed by atoms with Gasteiger partial charge in [-0.25, -0.2) is 0 Å². The summed E-state index contributed by atoms with van der Waals surface area (Å²) >= 11 is 0. The number of hydrogen-bond acceptors (Lipinski definition) is 4. The van der Waals surface area contributed by atoms with Gasteiger partial charge in [-0.3, -0.25) is 14.5 Å². The molecule has 0 aromatic heterocycles. The molecule has 5 nitrogen and oxygen atoms in total. The number of imide groups is 1. The number of nitrogens with two attached hydrogens (primary N) is 1. The first-order valence-corrected chi connectivity index (χ1v) is 7.03. The first kappa shape index (κ1) is 13.7. The van der Waals surface area contributed by atoms with E-state index in [0.717, 1.165) is 10.8 Å². The second kappa shape index (κ2) is 5.63. The molecule has 108 valence electrons. The van der Waals surface area contributed by atoms with Crippen molar-refractivity contribution in [2.24, 2.45) is 5.73 Å². The maximum atomic E-state index is 12.5. The van der Waals surface area contributed by atoms with Gasteiger partial charge in [0.1, 0.15) is 0 Å². The van der Waals surface area contributed by atoms with Crippen LogP contribution in [-0.4, -0.2) is 42.9 Å². The Kier molecular flexibility index (Phi) is 3.68. The van der Waals surface area contributed by atoms with Gasteiger partial charge in [0, 0.05) is 42.7 Å². The number of carbonyl (C=O) groups excluding carboxylic acids is 2. The lowest BCUT2D eigenvalue weighted by Gasteiger charge is -2.27. The molecule has 0 saturated carbocycles. The summed E-state index contributed by atoms with van der Waals surface area (Å²) in [5, 5.41) is 4.79. The van der Waals surface area contributed by atoms with E-state index in [0.29, 0.717) is 37.3 Å². The summed E-state index contributed by atoms with van der Waals surface area (Å²) in [5.41, 5.74) is 6.60. The Morgan fingerprint density at radius 3 is 2.14 bits per heavy atom. The van der Waals surface area contributed by atoms with Crippen LogP contribution in [0.4, 0.5) is 0 Å². The summed E-state index contributed by atoms with van der Waals surface area (Å²) < 4.78 is 0. The SMILES string of the molecule is NCCNCCN1C(=O)c2cccc3cccc(c23)C1=O. The number of amides is 2. The predicted molar refractivity (Wildman–Crippen MR) is 81.2 cm³/mol. The fourth-order valence-electron chi connectivity index (χ4n) is 2.70. The molecule has 1 heterocycles. The molecule has 0 saturated heterocycles. The zero-order valence-corrected chi connectivity index (χ0v) is 11.6. The van der Waals surface area contributed by atoms with E-state index in [1.807, 2.05) is 24.3 Å². The Hall–Kier alpha value is -2.24. The number of nitrogens with zero attached hydrogens (tertiary/aromatic N) is 1. The summed E-state index contributed by atoms with van der Waals surface area (Å²) in [5.74, 6) is -0.447. The average molecular weight is 283 g/mol. The summed E-state index contributed by atoms with van der Waals surface area (Å²) in [7, 11) is 0. The highest BCUT2D eigenvalue weighted by molar-refractivity contribution is 6.25. The molecule has 0 radical (unpaired) electrons. The summed E-state index contributed by atoms with van der Waals surface area (Å²) in [6.07, 6.45) is 0. The van der Waals surface area contributed by atoms with Crippen molar-refractivity contribution >= 4 is 22.6 Å². The Bertz CT molecular complexity index is 661. The lowest BCUT2D eigenvalue weighted by molar-refractivity contribution is 0.0612. The summed E-state index contributed by atoms with van der Waals surface area (Å²) in [4.78, 5) is 26.4. The topological polar surface area (TPSA) is 75.4 Å². The van der Waals surface area contributed by atoms with E-state index in [1.54, 1.807) is 12.1 Å². The number of rotatable bonds is 5. The molecule has 3 rings (SSSR count). The molecule has 0 atom stereocenters. The van der Waals surface area contributed by atoms with Crippen LogP contribution in [0.25, 0.3) is 10.8 Å². The van der Waals surface area contributed by atoms with Crippen LogP contribution in [0, 0.1) is 0 Å². The van der Waals surface area contributed by atoms with Crippen LogP contribution in [0.5, 0.6) is 0 Å². The third kappa shape index (κ3) is 2.30. The van der Waals surface area contributed by atoms with Gasteiger partial charge in [0.15, 0.2) is 0 Å². The molecular formula is C16H17N3O2. The maximum Gasteiger partial charge on any atom is 0.261 e. The van der Waals surface area contributed by atoms with Crippen LogP contribution >= 0.6 is 0 Å². The van der Waals surface area contributed by atoms with Gasteiger partial charge in [0.25, 0.3) is 11.8 Å². The molecule has 2 aromatic rings. The van der Waals surface area contributed by atoms with Gasteiger partial charge in [-0.2, -0.15) is 0 Å². The second-order valence-corrected chi connectivity index (χ2v) is 5.01. The predicted octanol–water partition coefficient (Wildman–Crippen LogP) is 0.984. The van der Waals surface area contributed by atoms with Gasteiger partial charge in [-0.1, -0.05) is 24.3 Å². The van der Waals surface area contributed by atoms with Gasteiger partial charge >= 0.3 is 0 Å². The molecule has 21 heavy (non-hydrogen) atoms. The number of nitrogens with one attached hydrogen (secondary N) is 1. The van der Waals surface area contributed by atoms with Crippen molar-refractivity contribution in [3.05, 3.63) is 47.5 Å². The standard InChI is InChI=1S/C16H17N3O2/c17-7-8-18-9-10-19-15(20)12-5-1-3-11-4-2-6-13(14(11)12)16(19)21/h1-6,18H,7-10,17H2. The molecule has 0 unspecified atom stereocenters. The fourth-order valence-corrected chi connectivity index (χ4v) is 2.70. The molecule has 2 amide bonds. The Morgan fingerprint density at radius 1 is 0.952 bits per heavy atom. The van der Waals surface area contributed by atoms with Gasteiger partial charge in [0.2, 0.25) is 0 Å². The first-order valence-electron chi connectivity index (χ1n) is 7.03. The highest BCUT2D eigenvalue weighted by Gasteiger charge is 2.31. The van der Waals surface area contributed by atoms with Crippen molar-refractivity contribution < 1.29 is 9.59 Å². The Morgan fingerprint density at radius 2 is 1.57 bits per heavy atom. The summed E-state index contributed by atoms with van der Waals surface area (Å²) in [6.45, 7) is 2.10. The third-order valence-electron chi connectivity index (χ3n) is 3.69. The Balaban J connectivity index is 1.95. The molecule has 5 heteroatoms. The van der Waals surface area contributed by atoms with Crippen LogP contribution in [-0.2, 0) is 0 Å². The van der Waals surface area contributed by atoms with Crippen molar-refractivity contribution in [3.63, 3.8) is 0 Å². The van der Waals surface area contributed by atoms with E-state index in [4.69, 9.17) is 5.73 Å². The quantitative estimate of drug-likeness (QED) is 0.633. The molecular weight excluding hydrogens is 266 g/mol. The van der Waals surface area contributed by atoms with Gasteiger partial charge in [-0.15, -0.1) is 0 Å². The van der Waals surface area contributed by atoms with E-state index in [2.05, 4.69) is 5.32 Å². The minimum absolute atomic E-state index is 0.223. The molecule has 0 bridgehead atoms. The zero-order chi connectivity index (χ0) is 14.8. The largest absolute Gasteiger partial charge is 0.329 e. The van der Waals surface area contributed by atoms with E-state index < -0.39 is 0 Å². The normalized spacial score (nSPS) is 14.0. The lowest BCUT2D eigenvalue weighted by Crippen LogP contribution is -2.44. The molecule has 0 spiro atoms. The van der Waals surface area contributed by atoms with Crippen molar-refractivity contribution in [2.75, 3.05) is 26.2 Å². The van der Waals surface area contributed by atoms with Crippen molar-refractivity contribution in [2.45, 2.75) is 0 Å². The average Bonchev–Trinajstić information content (AvgIpc) is 2.51. The molecule has 3 N–H and O–H groups in total. The minimum Gasteiger partial charge on any atom is -0.329 e. The highest BCUT2D eigenvalue weighted by Crippen LogP contribution is 2.29. The van der Waals surface area contributed by atoms with Crippen LogP contribution in [0.2, 0.25) is 0 Å². The van der Waals surface area contributed by atoms with E-state index in [1.165, 1.54) is 4.90 Å². The van der Waals surface area contributed by atoms with Crippen molar-refractivity contribution in [3.8, 4) is 0 Å². The van der Waals surface area contributed by atoms with Crippen LogP contribution in [0.3, 0.4) is 0 Å². The monoisotopic (exact) mass is 283 g/mol. The Labute approximate surface area is 122 Å². The third-order valence-corrected chi connectivity index (χ3v) is 3.69. The molecule has 2 aromatic carbocycles. The molecule has 1 aliphatic heterocycles. The molecule has 1 aliphatic rings. The summed E-state index contributed by atoms with van der Waals surface area (Å²) in [6, 6.07) is 11.1. The van der Waals surface area contributed by atoms with Gasteiger partial charge in [-0.05, 0) is 17.5 Å². The van der Waals surface area contributed by atoms with E-state index >= 15 is 0 Å². The second-order valence-electron chi connectivity index (χ2n) is 5.01. The molecule has 0 aliphatic carbocycles. The smallest absolute Gasteiger partial charge is 0.261 e. The van der Waals surface area contributed by atoms with Crippen LogP contribution < -0.4 is 11.1 Å². The number of carbonyl (C=O) groups is 2. The van der Waals surface area contributed by atoms with Gasteiger partial charge < -0.3 is 11.1 Å². The number of benzene rings is 2. The van der Waals surface area contributed by atoms with Crippen molar-refractivity contribution in [1.29, 1.82) is 0 Å². The molecule has 0 fully saturated rings. The van der Waals surface area contributed by atoms with E-state index in [-0.39, 0.29) is 11.8 Å². The first-order chi connectivity index (χ1) is 10.2. The lowest BCUT2D eigenvalue weighted by atomic mass is 9.94. The van der Waals surface area contributed by atoms with Crippen molar-refractivity contribution in [1.82, 2.24) is 10.2 Å². The van der Waals surface area contributed by atoms with E-state index in [9.17, 15) is 9.59 Å². The number of hydrogen-bond donors (Lipinski definition) is 2. The van der Waals surface area contributed by atoms with Crippen LogP contribution in [0.1, 0.15) is 20.7 Å².